The first-order chi connectivity index (χ1) is 4.45. The van der Waals surface area contributed by atoms with E-state index in [1.165, 1.54) is 19.3 Å². The van der Waals surface area contributed by atoms with E-state index in [1.54, 1.807) is 5.92 Å². The van der Waals surface area contributed by atoms with Crippen LogP contribution in [0.25, 0.3) is 0 Å². The van der Waals surface area contributed by atoms with E-state index in [0.29, 0.717) is 0 Å². The molecule has 0 aromatic carbocycles. The van der Waals surface area contributed by atoms with Gasteiger partial charge in [-0.05, 0) is 0 Å². The molecule has 0 aromatic heterocycles. The van der Waals surface area contributed by atoms with Gasteiger partial charge in [0.1, 0.15) is 0 Å². The van der Waals surface area contributed by atoms with Gasteiger partial charge in [0.25, 0.3) is 0 Å². The molecule has 2 rings (SSSR count). The van der Waals surface area contributed by atoms with Crippen LogP contribution in [0.1, 0.15) is 19.3 Å². The van der Waals surface area contributed by atoms with Crippen LogP contribution in [0.2, 0.25) is 0 Å². The van der Waals surface area contributed by atoms with Crippen LogP contribution >= 0.6 is 0 Å². The number of fused-ring (bicyclic) bond motifs is 2. The minimum atomic E-state index is 0. The van der Waals surface area contributed by atoms with Crippen molar-refractivity contribution >= 4 is 0 Å². The van der Waals surface area contributed by atoms with Crippen molar-refractivity contribution in [3.8, 4) is 0 Å². The SMILES string of the molecule is C1=CC2CC[C-]1C2.CO.[Cl-].[Pd]. The number of rotatable bonds is 0. The molecule has 2 bridgehead atoms. The van der Waals surface area contributed by atoms with Gasteiger partial charge in [-0.3, -0.25) is 0 Å². The Hall–Kier alpha value is 0.522. The second kappa shape index (κ2) is 7.19. The van der Waals surface area contributed by atoms with Gasteiger partial charge in [0.15, 0.2) is 0 Å². The summed E-state index contributed by atoms with van der Waals surface area (Å²) in [4.78, 5) is 0. The molecule has 11 heavy (non-hydrogen) atoms. The van der Waals surface area contributed by atoms with E-state index in [2.05, 4.69) is 12.2 Å². The molecule has 2 aliphatic carbocycles. The maximum absolute atomic E-state index is 7.00. The van der Waals surface area contributed by atoms with Crippen LogP contribution in [0.5, 0.6) is 0 Å². The first kappa shape index (κ1) is 14.1. The fourth-order valence-electron chi connectivity index (χ4n) is 1.50. The zero-order valence-electron chi connectivity index (χ0n) is 6.49. The number of allylic oxidation sites excluding steroid dienone is 2. The van der Waals surface area contributed by atoms with Crippen LogP contribution < -0.4 is 12.4 Å². The van der Waals surface area contributed by atoms with Crippen molar-refractivity contribution in [3.63, 3.8) is 0 Å². The second-order valence-electron chi connectivity index (χ2n) is 2.52. The van der Waals surface area contributed by atoms with E-state index < -0.39 is 0 Å². The number of aliphatic hydroxyl groups excluding tert-OH is 1. The molecule has 0 heterocycles. The summed E-state index contributed by atoms with van der Waals surface area (Å²) in [5.74, 6) is 2.64. The second-order valence-corrected chi connectivity index (χ2v) is 2.52. The Morgan fingerprint density at radius 3 is 2.18 bits per heavy atom. The summed E-state index contributed by atoms with van der Waals surface area (Å²) >= 11 is 0. The molecule has 70 valence electrons. The van der Waals surface area contributed by atoms with Crippen LogP contribution in [0.3, 0.4) is 0 Å². The molecule has 2 aliphatic rings. The predicted molar refractivity (Wildman–Crippen MR) is 37.9 cm³/mol. The topological polar surface area (TPSA) is 20.2 Å². The van der Waals surface area contributed by atoms with E-state index >= 15 is 0 Å². The number of hydrogen-bond acceptors (Lipinski definition) is 1. The quantitative estimate of drug-likeness (QED) is 0.420. The fraction of sp³-hybridized carbons (Fsp3) is 0.625. The molecule has 1 unspecified atom stereocenters. The molecule has 1 atom stereocenters. The van der Waals surface area contributed by atoms with E-state index in [4.69, 9.17) is 5.11 Å². The van der Waals surface area contributed by atoms with Crippen LogP contribution in [-0.4, -0.2) is 12.2 Å². The summed E-state index contributed by atoms with van der Waals surface area (Å²) in [7, 11) is 1.00. The van der Waals surface area contributed by atoms with Crippen molar-refractivity contribution in [2.45, 2.75) is 19.3 Å². The van der Waals surface area contributed by atoms with E-state index in [1.807, 2.05) is 0 Å². The summed E-state index contributed by atoms with van der Waals surface area (Å²) in [5.41, 5.74) is 0. The van der Waals surface area contributed by atoms with Crippen molar-refractivity contribution in [2.75, 3.05) is 7.11 Å². The van der Waals surface area contributed by atoms with Crippen molar-refractivity contribution < 1.29 is 37.9 Å². The minimum Gasteiger partial charge on any atom is -1.00 e. The van der Waals surface area contributed by atoms with Gasteiger partial charge in [-0.2, -0.15) is 0 Å². The first-order valence-electron chi connectivity index (χ1n) is 3.43. The number of hydrogen-bond donors (Lipinski definition) is 1. The molecule has 3 heteroatoms. The van der Waals surface area contributed by atoms with Gasteiger partial charge in [-0.25, -0.2) is 18.1 Å². The molecule has 1 nitrogen and oxygen atoms in total. The zero-order valence-corrected chi connectivity index (χ0v) is 8.81. The van der Waals surface area contributed by atoms with Crippen LogP contribution in [0.15, 0.2) is 12.2 Å². The molecular formula is C8H13ClOPd-2. The molecule has 0 spiro atoms. The third kappa shape index (κ3) is 3.62. The van der Waals surface area contributed by atoms with Gasteiger partial charge in [0.05, 0.1) is 0 Å². The zero-order chi connectivity index (χ0) is 6.69. The van der Waals surface area contributed by atoms with Gasteiger partial charge >= 0.3 is 0 Å². The summed E-state index contributed by atoms with van der Waals surface area (Å²) in [6.45, 7) is 0. The monoisotopic (exact) mass is 266 g/mol. The van der Waals surface area contributed by atoms with Crippen molar-refractivity contribution in [1.82, 2.24) is 0 Å². The molecule has 0 saturated heterocycles. The summed E-state index contributed by atoms with van der Waals surface area (Å²) in [6, 6.07) is 0. The molecule has 1 N–H and O–H groups in total. The molecule has 1 saturated carbocycles. The van der Waals surface area contributed by atoms with Gasteiger partial charge < -0.3 is 17.5 Å². The van der Waals surface area contributed by atoms with Gasteiger partial charge in [0.2, 0.25) is 0 Å². The third-order valence-electron chi connectivity index (χ3n) is 1.96. The molecular weight excluding hydrogens is 254 g/mol. The normalized spacial score (nSPS) is 23.1. The standard InChI is InChI=1S/C7H9.CH4O.ClH.Pd/c1-2-7-4-3-6(1)5-7;1-2;;/h1-2,6H,3-5H2;2H,1H3;1H;/q-1;;;/p-1. The Bertz CT molecular complexity index is 105. The summed E-state index contributed by atoms with van der Waals surface area (Å²) in [6.07, 6.45) is 8.86. The maximum atomic E-state index is 7.00. The Morgan fingerprint density at radius 2 is 2.09 bits per heavy atom. The summed E-state index contributed by atoms with van der Waals surface area (Å²) < 4.78 is 0. The summed E-state index contributed by atoms with van der Waals surface area (Å²) in [5, 5.41) is 7.00. The maximum Gasteiger partial charge on any atom is 0.0319 e. The largest absolute Gasteiger partial charge is 1.00 e. The predicted octanol–water partition coefficient (Wildman–Crippen LogP) is -1.46. The van der Waals surface area contributed by atoms with E-state index in [-0.39, 0.29) is 32.8 Å². The van der Waals surface area contributed by atoms with E-state index in [0.717, 1.165) is 13.0 Å². The fourth-order valence-corrected chi connectivity index (χ4v) is 1.50. The minimum absolute atomic E-state index is 0. The van der Waals surface area contributed by atoms with Crippen molar-refractivity contribution in [3.05, 3.63) is 18.1 Å². The van der Waals surface area contributed by atoms with E-state index in [9.17, 15) is 0 Å². The Kier molecular flexibility index (Phi) is 9.19. The Labute approximate surface area is 88.3 Å². The third-order valence-corrected chi connectivity index (χ3v) is 1.96. The van der Waals surface area contributed by atoms with Crippen LogP contribution in [0, 0.1) is 11.8 Å². The molecule has 0 aliphatic heterocycles. The molecule has 1 fully saturated rings. The number of halogens is 1. The Balaban J connectivity index is 0. The van der Waals surface area contributed by atoms with Gasteiger partial charge in [-0.1, -0.05) is 12.8 Å². The number of aliphatic hydroxyl groups is 1. The molecule has 0 amide bonds. The van der Waals surface area contributed by atoms with Crippen molar-refractivity contribution in [1.29, 1.82) is 0 Å². The average molecular weight is 267 g/mol. The van der Waals surface area contributed by atoms with Gasteiger partial charge in [0, 0.05) is 27.5 Å². The molecule has 0 radical (unpaired) electrons. The van der Waals surface area contributed by atoms with Crippen molar-refractivity contribution in [2.24, 2.45) is 5.92 Å². The van der Waals surface area contributed by atoms with Gasteiger partial charge in [-0.15, -0.1) is 12.3 Å². The van der Waals surface area contributed by atoms with Crippen LogP contribution in [0.4, 0.5) is 0 Å². The Morgan fingerprint density at radius 1 is 1.45 bits per heavy atom. The smallest absolute Gasteiger partial charge is 0.0319 e. The molecule has 0 aromatic rings. The average Bonchev–Trinajstić information content (AvgIpc) is 2.53. The first-order valence-corrected chi connectivity index (χ1v) is 3.43. The van der Waals surface area contributed by atoms with Crippen LogP contribution in [-0.2, 0) is 20.4 Å².